The van der Waals surface area contributed by atoms with E-state index >= 15 is 0 Å². The van der Waals surface area contributed by atoms with Gasteiger partial charge in [-0.05, 0) is 31.0 Å². The van der Waals surface area contributed by atoms with Gasteiger partial charge in [-0.3, -0.25) is 9.59 Å². The van der Waals surface area contributed by atoms with Gasteiger partial charge >= 0.3 is 0 Å². The Morgan fingerprint density at radius 3 is 2.55 bits per heavy atom. The molecule has 1 aromatic heterocycles. The van der Waals surface area contributed by atoms with Gasteiger partial charge < -0.3 is 15.2 Å². The van der Waals surface area contributed by atoms with Crippen molar-refractivity contribution in [3.63, 3.8) is 0 Å². The highest BCUT2D eigenvalue weighted by Crippen LogP contribution is 2.18. The second kappa shape index (κ2) is 9.64. The standard InChI is InChI=1S/C22H24N4O3/c1-3-16-8-7-11-18(14-16)24-20(28)13-12-19(27)23-15(2)22-25-21(26-29-22)17-9-5-4-6-10-17/h4-11,14-15H,3,12-13H2,1-2H3,(H,23,27)(H,24,28)/t15-/m0/s1. The van der Waals surface area contributed by atoms with Gasteiger partial charge in [-0.2, -0.15) is 4.98 Å². The van der Waals surface area contributed by atoms with Crippen LogP contribution in [0.5, 0.6) is 0 Å². The predicted octanol–water partition coefficient (Wildman–Crippen LogP) is 3.90. The minimum atomic E-state index is -0.447. The molecule has 0 fully saturated rings. The number of anilines is 1. The molecule has 150 valence electrons. The highest BCUT2D eigenvalue weighted by atomic mass is 16.5. The number of nitrogens with one attached hydrogen (secondary N) is 2. The minimum absolute atomic E-state index is 0.0727. The van der Waals surface area contributed by atoms with E-state index in [0.29, 0.717) is 11.7 Å². The number of carbonyl (C=O) groups excluding carboxylic acids is 2. The molecule has 0 aliphatic carbocycles. The van der Waals surface area contributed by atoms with E-state index in [1.165, 1.54) is 0 Å². The SMILES string of the molecule is CCc1cccc(NC(=O)CCC(=O)N[C@@H](C)c2nc(-c3ccccc3)no2)c1. The molecular weight excluding hydrogens is 368 g/mol. The number of carbonyl (C=O) groups is 2. The molecule has 3 aromatic rings. The van der Waals surface area contributed by atoms with E-state index in [4.69, 9.17) is 4.52 Å². The molecular formula is C22H24N4O3. The molecule has 2 aromatic carbocycles. The lowest BCUT2D eigenvalue weighted by Gasteiger charge is -2.10. The van der Waals surface area contributed by atoms with E-state index in [1.807, 2.05) is 54.6 Å². The molecule has 2 amide bonds. The zero-order chi connectivity index (χ0) is 20.6. The molecule has 29 heavy (non-hydrogen) atoms. The van der Waals surface area contributed by atoms with Crippen molar-refractivity contribution in [2.24, 2.45) is 0 Å². The quantitative estimate of drug-likeness (QED) is 0.606. The largest absolute Gasteiger partial charge is 0.345 e. The van der Waals surface area contributed by atoms with Gasteiger partial charge in [0.25, 0.3) is 0 Å². The van der Waals surface area contributed by atoms with Crippen molar-refractivity contribution in [2.75, 3.05) is 5.32 Å². The molecule has 3 rings (SSSR count). The first-order chi connectivity index (χ1) is 14.0. The third-order valence-electron chi connectivity index (χ3n) is 4.42. The van der Waals surface area contributed by atoms with E-state index < -0.39 is 6.04 Å². The third kappa shape index (κ3) is 5.75. The average molecular weight is 392 g/mol. The number of aryl methyl sites for hydroxylation is 1. The first kappa shape index (κ1) is 20.3. The molecule has 7 heteroatoms. The van der Waals surface area contributed by atoms with Crippen molar-refractivity contribution in [1.82, 2.24) is 15.5 Å². The maximum Gasteiger partial charge on any atom is 0.249 e. The summed E-state index contributed by atoms with van der Waals surface area (Å²) in [6.45, 7) is 3.81. The smallest absolute Gasteiger partial charge is 0.249 e. The summed E-state index contributed by atoms with van der Waals surface area (Å²) in [4.78, 5) is 28.6. The molecule has 0 bridgehead atoms. The van der Waals surface area contributed by atoms with Crippen LogP contribution in [0.4, 0.5) is 5.69 Å². The summed E-state index contributed by atoms with van der Waals surface area (Å²) in [5.74, 6) is 0.327. The van der Waals surface area contributed by atoms with E-state index in [0.717, 1.165) is 23.2 Å². The van der Waals surface area contributed by atoms with E-state index in [9.17, 15) is 9.59 Å². The lowest BCUT2D eigenvalue weighted by atomic mass is 10.1. The summed E-state index contributed by atoms with van der Waals surface area (Å²) in [6.07, 6.45) is 1.06. The second-order valence-electron chi connectivity index (χ2n) is 6.71. The lowest BCUT2D eigenvalue weighted by Crippen LogP contribution is -2.27. The van der Waals surface area contributed by atoms with E-state index in [-0.39, 0.29) is 24.7 Å². The molecule has 0 saturated heterocycles. The van der Waals surface area contributed by atoms with Gasteiger partial charge in [-0.1, -0.05) is 54.5 Å². The maximum atomic E-state index is 12.2. The molecule has 7 nitrogen and oxygen atoms in total. The highest BCUT2D eigenvalue weighted by Gasteiger charge is 2.18. The summed E-state index contributed by atoms with van der Waals surface area (Å²) in [7, 11) is 0. The fraction of sp³-hybridized carbons (Fsp3) is 0.273. The fourth-order valence-corrected chi connectivity index (χ4v) is 2.81. The lowest BCUT2D eigenvalue weighted by molar-refractivity contribution is -0.125. The van der Waals surface area contributed by atoms with Gasteiger partial charge in [-0.25, -0.2) is 0 Å². The Labute approximate surface area is 169 Å². The van der Waals surface area contributed by atoms with Gasteiger partial charge in [0.05, 0.1) is 0 Å². The van der Waals surface area contributed by atoms with Crippen LogP contribution in [0, 0.1) is 0 Å². The Kier molecular flexibility index (Phi) is 6.73. The maximum absolute atomic E-state index is 12.2. The van der Waals surface area contributed by atoms with Crippen LogP contribution in [0.25, 0.3) is 11.4 Å². The van der Waals surface area contributed by atoms with Crippen LogP contribution >= 0.6 is 0 Å². The number of hydrogen-bond donors (Lipinski definition) is 2. The highest BCUT2D eigenvalue weighted by molar-refractivity contribution is 5.93. The molecule has 1 heterocycles. The van der Waals surface area contributed by atoms with Crippen molar-refractivity contribution >= 4 is 17.5 Å². The van der Waals surface area contributed by atoms with Crippen molar-refractivity contribution in [3.05, 3.63) is 66.1 Å². The molecule has 1 atom stereocenters. The molecule has 0 radical (unpaired) electrons. The second-order valence-corrected chi connectivity index (χ2v) is 6.71. The molecule has 0 saturated carbocycles. The average Bonchev–Trinajstić information content (AvgIpc) is 3.23. The van der Waals surface area contributed by atoms with Crippen LogP contribution in [0.3, 0.4) is 0 Å². The zero-order valence-electron chi connectivity index (χ0n) is 16.5. The Balaban J connectivity index is 1.47. The molecule has 0 aliphatic rings. The Morgan fingerprint density at radius 1 is 1.03 bits per heavy atom. The van der Waals surface area contributed by atoms with Gasteiger partial charge in [0.1, 0.15) is 6.04 Å². The van der Waals surface area contributed by atoms with Crippen LogP contribution < -0.4 is 10.6 Å². The zero-order valence-corrected chi connectivity index (χ0v) is 16.5. The van der Waals surface area contributed by atoms with Crippen LogP contribution in [-0.2, 0) is 16.0 Å². The van der Waals surface area contributed by atoms with Crippen LogP contribution in [0.1, 0.15) is 44.2 Å². The van der Waals surface area contributed by atoms with Crippen molar-refractivity contribution in [3.8, 4) is 11.4 Å². The number of amides is 2. The third-order valence-corrected chi connectivity index (χ3v) is 4.42. The van der Waals surface area contributed by atoms with Crippen molar-refractivity contribution in [2.45, 2.75) is 39.2 Å². The van der Waals surface area contributed by atoms with Crippen LogP contribution in [0.2, 0.25) is 0 Å². The number of nitrogens with zero attached hydrogens (tertiary/aromatic N) is 2. The fourth-order valence-electron chi connectivity index (χ4n) is 2.81. The topological polar surface area (TPSA) is 97.1 Å². The Hall–Kier alpha value is -3.48. The van der Waals surface area contributed by atoms with Gasteiger partial charge in [0.2, 0.25) is 23.5 Å². The van der Waals surface area contributed by atoms with E-state index in [1.54, 1.807) is 6.92 Å². The molecule has 0 spiro atoms. The first-order valence-corrected chi connectivity index (χ1v) is 9.62. The number of hydrogen-bond acceptors (Lipinski definition) is 5. The molecule has 0 unspecified atom stereocenters. The predicted molar refractivity (Wildman–Crippen MR) is 110 cm³/mol. The summed E-state index contributed by atoms with van der Waals surface area (Å²) in [5, 5.41) is 9.55. The number of benzene rings is 2. The van der Waals surface area contributed by atoms with Crippen molar-refractivity contribution in [1.29, 1.82) is 0 Å². The summed E-state index contributed by atoms with van der Waals surface area (Å²) < 4.78 is 5.25. The van der Waals surface area contributed by atoms with Gasteiger partial charge in [0.15, 0.2) is 0 Å². The van der Waals surface area contributed by atoms with Gasteiger partial charge in [0, 0.05) is 24.1 Å². The molecule has 2 N–H and O–H groups in total. The Morgan fingerprint density at radius 2 is 1.79 bits per heavy atom. The minimum Gasteiger partial charge on any atom is -0.345 e. The van der Waals surface area contributed by atoms with Gasteiger partial charge in [-0.15, -0.1) is 0 Å². The first-order valence-electron chi connectivity index (χ1n) is 9.62. The summed E-state index contributed by atoms with van der Waals surface area (Å²) >= 11 is 0. The number of rotatable bonds is 8. The number of aromatic nitrogens is 2. The molecule has 0 aliphatic heterocycles. The van der Waals surface area contributed by atoms with E-state index in [2.05, 4.69) is 27.7 Å². The Bertz CT molecular complexity index is 969. The van der Waals surface area contributed by atoms with Crippen molar-refractivity contribution < 1.29 is 14.1 Å². The summed E-state index contributed by atoms with van der Waals surface area (Å²) in [6, 6.07) is 16.7. The summed E-state index contributed by atoms with van der Waals surface area (Å²) in [5.41, 5.74) is 2.72. The monoisotopic (exact) mass is 392 g/mol. The normalized spacial score (nSPS) is 11.7. The van der Waals surface area contributed by atoms with Crippen LogP contribution in [0.15, 0.2) is 59.1 Å². The van der Waals surface area contributed by atoms with Crippen LogP contribution in [-0.4, -0.2) is 22.0 Å².